The number of ether oxygens (including phenoxy) is 2. The van der Waals surface area contributed by atoms with Gasteiger partial charge in [0.15, 0.2) is 11.5 Å². The van der Waals surface area contributed by atoms with Gasteiger partial charge in [0.2, 0.25) is 0 Å². The summed E-state index contributed by atoms with van der Waals surface area (Å²) in [6, 6.07) is 16.3. The lowest BCUT2D eigenvalue weighted by molar-refractivity contribution is 0.0656. The minimum absolute atomic E-state index is 0.127. The molecule has 5 heteroatoms. The Hall–Kier alpha value is -3.08. The topological polar surface area (TPSA) is 51.7 Å². The number of rotatable bonds is 7. The van der Waals surface area contributed by atoms with E-state index in [4.69, 9.17) is 14.5 Å². The van der Waals surface area contributed by atoms with E-state index in [9.17, 15) is 4.79 Å². The number of amides is 1. The Morgan fingerprint density at radius 3 is 2.42 bits per heavy atom. The van der Waals surface area contributed by atoms with Crippen molar-refractivity contribution in [2.75, 3.05) is 14.2 Å². The number of methoxy groups -OCH3 is 2. The summed E-state index contributed by atoms with van der Waals surface area (Å²) in [5, 5.41) is 0.908. The summed E-state index contributed by atoms with van der Waals surface area (Å²) in [4.78, 5) is 20.9. The van der Waals surface area contributed by atoms with Crippen molar-refractivity contribution in [2.45, 2.75) is 44.7 Å². The Balaban J connectivity index is 1.62. The molecular formula is C26H28N2O3. The minimum atomic E-state index is 0.127. The van der Waals surface area contributed by atoms with Gasteiger partial charge in [-0.25, -0.2) is 4.98 Å². The third kappa shape index (κ3) is 3.73. The molecule has 0 radical (unpaired) electrons. The Kier molecular flexibility index (Phi) is 5.05. The molecule has 0 N–H and O–H groups in total. The lowest BCUT2D eigenvalue weighted by atomic mass is 10.0. The zero-order chi connectivity index (χ0) is 21.5. The number of carbonyl (C=O) groups excluding carboxylic acids is 1. The lowest BCUT2D eigenvalue weighted by Crippen LogP contribution is -2.41. The van der Waals surface area contributed by atoms with Crippen LogP contribution < -0.4 is 9.47 Å². The first kappa shape index (κ1) is 19.9. The fourth-order valence-electron chi connectivity index (χ4n) is 4.48. The van der Waals surface area contributed by atoms with Crippen LogP contribution in [0.2, 0.25) is 0 Å². The second-order valence-electron chi connectivity index (χ2n) is 8.66. The molecule has 5 nitrogen and oxygen atoms in total. The quantitative estimate of drug-likeness (QED) is 0.523. The predicted molar refractivity (Wildman–Crippen MR) is 122 cm³/mol. The first-order valence-corrected chi connectivity index (χ1v) is 11.1. The maximum atomic E-state index is 13.9. The summed E-state index contributed by atoms with van der Waals surface area (Å²) in [7, 11) is 3.24. The van der Waals surface area contributed by atoms with Gasteiger partial charge in [0, 0.05) is 23.0 Å². The van der Waals surface area contributed by atoms with E-state index >= 15 is 0 Å². The summed E-state index contributed by atoms with van der Waals surface area (Å²) in [5.41, 5.74) is 3.21. The van der Waals surface area contributed by atoms with Gasteiger partial charge in [-0.1, -0.05) is 18.2 Å². The van der Waals surface area contributed by atoms with Gasteiger partial charge >= 0.3 is 0 Å². The van der Waals surface area contributed by atoms with Crippen LogP contribution >= 0.6 is 0 Å². The monoisotopic (exact) mass is 416 g/mol. The third-order valence-corrected chi connectivity index (χ3v) is 6.54. The average molecular weight is 417 g/mol. The van der Waals surface area contributed by atoms with Gasteiger partial charge in [-0.3, -0.25) is 4.79 Å². The summed E-state index contributed by atoms with van der Waals surface area (Å²) in [6.07, 6.45) is 4.67. The fourth-order valence-corrected chi connectivity index (χ4v) is 4.48. The molecule has 31 heavy (non-hydrogen) atoms. The molecule has 0 spiro atoms. The van der Waals surface area contributed by atoms with Crippen molar-refractivity contribution in [1.29, 1.82) is 0 Å². The van der Waals surface area contributed by atoms with E-state index in [1.54, 1.807) is 14.2 Å². The first-order chi connectivity index (χ1) is 15.1. The number of fused-ring (bicyclic) bond motifs is 1. The summed E-state index contributed by atoms with van der Waals surface area (Å²) in [5.74, 6) is 2.08. The smallest absolute Gasteiger partial charge is 0.255 e. The zero-order valence-corrected chi connectivity index (χ0v) is 18.3. The van der Waals surface area contributed by atoms with Gasteiger partial charge in [0.1, 0.15) is 0 Å². The van der Waals surface area contributed by atoms with Crippen LogP contribution in [-0.4, -0.2) is 42.1 Å². The van der Waals surface area contributed by atoms with Crippen LogP contribution in [0.3, 0.4) is 0 Å². The molecule has 2 aliphatic rings. The van der Waals surface area contributed by atoms with E-state index in [-0.39, 0.29) is 11.9 Å². The molecule has 2 saturated carbocycles. The number of para-hydroxylation sites is 1. The zero-order valence-electron chi connectivity index (χ0n) is 18.3. The number of aromatic nitrogens is 1. The van der Waals surface area contributed by atoms with Gasteiger partial charge in [0.25, 0.3) is 5.91 Å². The number of hydrogen-bond acceptors (Lipinski definition) is 4. The molecule has 2 fully saturated rings. The molecule has 0 aliphatic heterocycles. The van der Waals surface area contributed by atoms with Gasteiger partial charge < -0.3 is 14.4 Å². The van der Waals surface area contributed by atoms with Gasteiger partial charge in [0.05, 0.1) is 31.0 Å². The lowest BCUT2D eigenvalue weighted by Gasteiger charge is -2.30. The maximum absolute atomic E-state index is 13.9. The van der Waals surface area contributed by atoms with Crippen LogP contribution in [0.1, 0.15) is 43.0 Å². The van der Waals surface area contributed by atoms with E-state index in [1.165, 1.54) is 12.8 Å². The summed E-state index contributed by atoms with van der Waals surface area (Å²) < 4.78 is 10.9. The highest BCUT2D eigenvalue weighted by Gasteiger charge is 2.42. The Bertz CT molecular complexity index is 1130. The van der Waals surface area contributed by atoms with Gasteiger partial charge in [-0.15, -0.1) is 0 Å². The van der Waals surface area contributed by atoms with E-state index < -0.39 is 0 Å². The molecule has 1 unspecified atom stereocenters. The Morgan fingerprint density at radius 2 is 1.74 bits per heavy atom. The molecule has 2 aromatic carbocycles. The van der Waals surface area contributed by atoms with Crippen LogP contribution in [0.15, 0.2) is 48.5 Å². The highest BCUT2D eigenvalue weighted by Crippen LogP contribution is 2.41. The average Bonchev–Trinajstić information content (AvgIpc) is 3.71. The first-order valence-electron chi connectivity index (χ1n) is 11.1. The van der Waals surface area contributed by atoms with E-state index in [0.717, 1.165) is 40.6 Å². The minimum Gasteiger partial charge on any atom is -0.493 e. The Labute approximate surface area is 183 Å². The van der Waals surface area contributed by atoms with Crippen LogP contribution in [-0.2, 0) is 0 Å². The van der Waals surface area contributed by atoms with Crippen molar-refractivity contribution in [3.05, 3.63) is 54.1 Å². The van der Waals surface area contributed by atoms with Crippen molar-refractivity contribution >= 4 is 16.8 Å². The number of pyridine rings is 1. The third-order valence-electron chi connectivity index (χ3n) is 6.54. The normalized spacial score (nSPS) is 16.7. The standard InChI is InChI=1S/C26H28N2O3/c1-16(17-8-9-17)28(19-11-12-19)26(29)21-15-23(27-22-7-5-4-6-20(21)22)18-10-13-24(30-2)25(14-18)31-3/h4-7,10,13-17,19H,8-9,11-12H2,1-3H3. The van der Waals surface area contributed by atoms with Crippen molar-refractivity contribution in [3.8, 4) is 22.8 Å². The molecule has 160 valence electrons. The van der Waals surface area contributed by atoms with Crippen LogP contribution in [0.5, 0.6) is 11.5 Å². The fraction of sp³-hybridized carbons (Fsp3) is 0.385. The van der Waals surface area contributed by atoms with Crippen molar-refractivity contribution in [1.82, 2.24) is 9.88 Å². The SMILES string of the molecule is COc1ccc(-c2cc(C(=O)N(C3CC3)C(C)C3CC3)c3ccccc3n2)cc1OC. The van der Waals surface area contributed by atoms with Gasteiger partial charge in [-0.05, 0) is 68.9 Å². The molecule has 1 atom stereocenters. The molecule has 1 aromatic heterocycles. The molecule has 0 bridgehead atoms. The second kappa shape index (κ2) is 7.88. The molecule has 1 amide bonds. The molecule has 3 aromatic rings. The van der Waals surface area contributed by atoms with Gasteiger partial charge in [-0.2, -0.15) is 0 Å². The molecular weight excluding hydrogens is 388 g/mol. The predicted octanol–water partition coefficient (Wildman–Crippen LogP) is 5.32. The van der Waals surface area contributed by atoms with Crippen LogP contribution in [0, 0.1) is 5.92 Å². The number of carbonyl (C=O) groups is 1. The van der Waals surface area contributed by atoms with Crippen molar-refractivity contribution < 1.29 is 14.3 Å². The maximum Gasteiger partial charge on any atom is 0.255 e. The molecule has 5 rings (SSSR count). The van der Waals surface area contributed by atoms with Crippen LogP contribution in [0.25, 0.3) is 22.2 Å². The summed E-state index contributed by atoms with van der Waals surface area (Å²) in [6.45, 7) is 2.21. The highest BCUT2D eigenvalue weighted by atomic mass is 16.5. The number of hydrogen-bond donors (Lipinski definition) is 0. The van der Waals surface area contributed by atoms with E-state index in [1.807, 2.05) is 48.5 Å². The van der Waals surface area contributed by atoms with Crippen molar-refractivity contribution in [3.63, 3.8) is 0 Å². The van der Waals surface area contributed by atoms with Crippen molar-refractivity contribution in [2.24, 2.45) is 5.92 Å². The molecule has 1 heterocycles. The van der Waals surface area contributed by atoms with E-state index in [0.29, 0.717) is 23.5 Å². The molecule has 2 aliphatic carbocycles. The van der Waals surface area contributed by atoms with E-state index in [2.05, 4.69) is 11.8 Å². The van der Waals surface area contributed by atoms with Crippen LogP contribution in [0.4, 0.5) is 0 Å². The molecule has 0 saturated heterocycles. The number of nitrogens with zero attached hydrogens (tertiary/aromatic N) is 2. The Morgan fingerprint density at radius 1 is 1.00 bits per heavy atom. The largest absolute Gasteiger partial charge is 0.493 e. The highest BCUT2D eigenvalue weighted by molar-refractivity contribution is 6.07. The number of benzene rings is 2. The second-order valence-corrected chi connectivity index (χ2v) is 8.66. The summed E-state index contributed by atoms with van der Waals surface area (Å²) >= 11 is 0.